The van der Waals surface area contributed by atoms with E-state index in [1.807, 2.05) is 0 Å². The number of aromatic nitrogens is 3. The number of amides is 1. The number of allylic oxidation sites excluding steroid dienone is 1. The van der Waals surface area contributed by atoms with E-state index in [2.05, 4.69) is 10.1 Å². The molecule has 2 aromatic rings. The molecule has 0 saturated carbocycles. The summed E-state index contributed by atoms with van der Waals surface area (Å²) in [5, 5.41) is 3.80. The van der Waals surface area contributed by atoms with E-state index in [1.54, 1.807) is 19.9 Å². The second-order valence-electron chi connectivity index (χ2n) is 8.63. The number of rotatable bonds is 2. The van der Waals surface area contributed by atoms with Crippen molar-refractivity contribution in [3.63, 3.8) is 0 Å². The normalized spacial score (nSPS) is 23.3. The molecule has 2 aliphatic rings. The molecule has 3 heterocycles. The predicted octanol–water partition coefficient (Wildman–Crippen LogP) is 2.34. The Morgan fingerprint density at radius 3 is 2.66 bits per heavy atom. The van der Waals surface area contributed by atoms with E-state index >= 15 is 0 Å². The van der Waals surface area contributed by atoms with Crippen LogP contribution >= 0.6 is 0 Å². The highest BCUT2D eigenvalue weighted by atomic mass is 19.4. The maximum Gasteiger partial charge on any atom is 0.434 e. The number of nitrogens with zero attached hydrogens (tertiary/aromatic N) is 4. The summed E-state index contributed by atoms with van der Waals surface area (Å²) in [6.45, 7) is 3.60. The molecule has 32 heavy (non-hydrogen) atoms. The number of pyridine rings is 1. The zero-order valence-electron chi connectivity index (χ0n) is 17.5. The number of carbonyl (C=O) groups excluding carboxylic acids is 2. The van der Waals surface area contributed by atoms with Crippen LogP contribution in [0.3, 0.4) is 0 Å². The molecule has 2 N–H and O–H groups in total. The van der Waals surface area contributed by atoms with E-state index in [9.17, 15) is 22.8 Å². The molecule has 1 aliphatic carbocycles. The third-order valence-corrected chi connectivity index (χ3v) is 5.67. The Hall–Kier alpha value is -3.21. The number of ether oxygens (including phenoxy) is 1. The van der Waals surface area contributed by atoms with E-state index < -0.39 is 34.4 Å². The number of carbonyl (C=O) groups is 2. The number of ketones is 1. The summed E-state index contributed by atoms with van der Waals surface area (Å²) < 4.78 is 48.4. The Morgan fingerprint density at radius 2 is 2.03 bits per heavy atom. The lowest BCUT2D eigenvalue weighted by Gasteiger charge is -2.46. The molecule has 11 heteroatoms. The van der Waals surface area contributed by atoms with Crippen LogP contribution < -0.4 is 5.73 Å². The standard InChI is InChI=1S/C21H22F3N5O3/c1-19(2)11-20(9-14(25)17(19)30)12-28(7-8-32-20)18(31)13-10-27-29(16(13)21(22,23)24)15-5-3-4-6-26-15/h3-6,9-10H,7-8,11-12,25H2,1-2H3. The summed E-state index contributed by atoms with van der Waals surface area (Å²) in [4.78, 5) is 30.7. The smallest absolute Gasteiger partial charge is 0.396 e. The van der Waals surface area contributed by atoms with Gasteiger partial charge in [-0.2, -0.15) is 18.3 Å². The predicted molar refractivity (Wildman–Crippen MR) is 107 cm³/mol. The fourth-order valence-corrected chi connectivity index (χ4v) is 4.39. The van der Waals surface area contributed by atoms with Crippen molar-refractivity contribution in [3.8, 4) is 5.82 Å². The van der Waals surface area contributed by atoms with Crippen molar-refractivity contribution in [2.75, 3.05) is 19.7 Å². The van der Waals surface area contributed by atoms with E-state index in [0.717, 1.165) is 6.20 Å². The zero-order chi connectivity index (χ0) is 23.3. The summed E-state index contributed by atoms with van der Waals surface area (Å²) in [6.07, 6.45) is -0.870. The molecule has 1 amide bonds. The van der Waals surface area contributed by atoms with Gasteiger partial charge >= 0.3 is 6.18 Å². The molecular formula is C21H22F3N5O3. The third kappa shape index (κ3) is 3.77. The van der Waals surface area contributed by atoms with Crippen LogP contribution in [0.5, 0.6) is 0 Å². The maximum absolute atomic E-state index is 14.0. The van der Waals surface area contributed by atoms with E-state index in [1.165, 1.54) is 29.3 Å². The third-order valence-electron chi connectivity index (χ3n) is 5.67. The van der Waals surface area contributed by atoms with Crippen LogP contribution in [0, 0.1) is 5.41 Å². The zero-order valence-corrected chi connectivity index (χ0v) is 17.5. The molecule has 0 radical (unpaired) electrons. The molecule has 1 saturated heterocycles. The number of morpholine rings is 1. The van der Waals surface area contributed by atoms with E-state index in [0.29, 0.717) is 4.68 Å². The highest BCUT2D eigenvalue weighted by molar-refractivity contribution is 6.00. The molecule has 1 aliphatic heterocycles. The van der Waals surface area contributed by atoms with Gasteiger partial charge in [0.2, 0.25) is 0 Å². The van der Waals surface area contributed by atoms with Gasteiger partial charge in [-0.15, -0.1) is 0 Å². The van der Waals surface area contributed by atoms with Crippen molar-refractivity contribution < 1.29 is 27.5 Å². The Morgan fingerprint density at radius 1 is 1.28 bits per heavy atom. The molecule has 1 spiro atoms. The topological polar surface area (TPSA) is 103 Å². The van der Waals surface area contributed by atoms with Crippen LogP contribution in [-0.2, 0) is 15.7 Å². The van der Waals surface area contributed by atoms with Crippen LogP contribution in [0.25, 0.3) is 5.82 Å². The minimum absolute atomic E-state index is 0.0227. The Bertz CT molecular complexity index is 1090. The first-order valence-corrected chi connectivity index (χ1v) is 9.97. The van der Waals surface area contributed by atoms with Crippen molar-refractivity contribution in [1.29, 1.82) is 0 Å². The Labute approximate surface area is 181 Å². The largest absolute Gasteiger partial charge is 0.434 e. The molecule has 170 valence electrons. The quantitative estimate of drug-likeness (QED) is 0.755. The molecular weight excluding hydrogens is 427 g/mol. The SMILES string of the molecule is CC1(C)CC2(C=C(N)C1=O)CN(C(=O)c1cnn(-c3ccccn3)c1C(F)(F)F)CCO2. The minimum atomic E-state index is -4.84. The van der Waals surface area contributed by atoms with E-state index in [4.69, 9.17) is 10.5 Å². The molecule has 4 rings (SSSR count). The fourth-order valence-electron chi connectivity index (χ4n) is 4.39. The second-order valence-corrected chi connectivity index (χ2v) is 8.63. The van der Waals surface area contributed by atoms with Crippen molar-refractivity contribution in [1.82, 2.24) is 19.7 Å². The van der Waals surface area contributed by atoms with Gasteiger partial charge in [0.05, 0.1) is 30.6 Å². The number of Topliss-reactive ketones (excluding diaryl/α,β-unsaturated/α-hetero) is 1. The minimum Gasteiger partial charge on any atom is -0.396 e. The Balaban J connectivity index is 1.70. The van der Waals surface area contributed by atoms with Crippen molar-refractivity contribution in [3.05, 3.63) is 53.6 Å². The number of alkyl halides is 3. The lowest BCUT2D eigenvalue weighted by Crippen LogP contribution is -2.57. The van der Waals surface area contributed by atoms with Crippen molar-refractivity contribution >= 4 is 11.7 Å². The van der Waals surface area contributed by atoms with Crippen LogP contribution in [0.2, 0.25) is 0 Å². The van der Waals surface area contributed by atoms with Crippen molar-refractivity contribution in [2.24, 2.45) is 11.1 Å². The number of hydrogen-bond acceptors (Lipinski definition) is 6. The molecule has 1 fully saturated rings. The van der Waals surface area contributed by atoms with Gasteiger partial charge in [0.25, 0.3) is 5.91 Å². The second kappa shape index (κ2) is 7.44. The van der Waals surface area contributed by atoms with Crippen LogP contribution in [0.1, 0.15) is 36.3 Å². The Kier molecular flexibility index (Phi) is 5.11. The summed E-state index contributed by atoms with van der Waals surface area (Å²) >= 11 is 0. The lowest BCUT2D eigenvalue weighted by molar-refractivity contribution is -0.143. The van der Waals surface area contributed by atoms with Gasteiger partial charge in [-0.3, -0.25) is 9.59 Å². The molecule has 2 aromatic heterocycles. The first kappa shape index (κ1) is 22.0. The first-order chi connectivity index (χ1) is 14.9. The average molecular weight is 449 g/mol. The molecule has 1 unspecified atom stereocenters. The summed E-state index contributed by atoms with van der Waals surface area (Å²) in [6, 6.07) is 4.46. The highest BCUT2D eigenvalue weighted by Crippen LogP contribution is 2.41. The van der Waals surface area contributed by atoms with Crippen LogP contribution in [0.15, 0.2) is 42.4 Å². The number of hydrogen-bond donors (Lipinski definition) is 1. The van der Waals surface area contributed by atoms with Gasteiger partial charge in [-0.1, -0.05) is 19.9 Å². The fraction of sp³-hybridized carbons (Fsp3) is 0.429. The van der Waals surface area contributed by atoms with Gasteiger partial charge in [-0.05, 0) is 24.6 Å². The summed E-state index contributed by atoms with van der Waals surface area (Å²) in [5.74, 6) is -1.12. The maximum atomic E-state index is 14.0. The lowest BCUT2D eigenvalue weighted by atomic mass is 9.71. The summed E-state index contributed by atoms with van der Waals surface area (Å²) in [7, 11) is 0. The van der Waals surface area contributed by atoms with Crippen LogP contribution in [-0.4, -0.2) is 56.7 Å². The van der Waals surface area contributed by atoms with Gasteiger partial charge in [-0.25, -0.2) is 9.67 Å². The first-order valence-electron chi connectivity index (χ1n) is 9.97. The highest BCUT2D eigenvalue weighted by Gasteiger charge is 2.49. The average Bonchev–Trinajstić information content (AvgIpc) is 3.18. The molecule has 8 nitrogen and oxygen atoms in total. The van der Waals surface area contributed by atoms with Gasteiger partial charge in [0, 0.05) is 18.2 Å². The van der Waals surface area contributed by atoms with Gasteiger partial charge < -0.3 is 15.4 Å². The molecule has 0 bridgehead atoms. The van der Waals surface area contributed by atoms with Gasteiger partial charge in [0.1, 0.15) is 5.60 Å². The van der Waals surface area contributed by atoms with Crippen LogP contribution in [0.4, 0.5) is 13.2 Å². The van der Waals surface area contributed by atoms with Crippen molar-refractivity contribution in [2.45, 2.75) is 32.0 Å². The summed E-state index contributed by atoms with van der Waals surface area (Å²) in [5.41, 5.74) is 2.27. The number of halogens is 3. The monoisotopic (exact) mass is 449 g/mol. The molecule has 0 aromatic carbocycles. The molecule has 1 atom stereocenters. The van der Waals surface area contributed by atoms with Gasteiger partial charge in [0.15, 0.2) is 17.3 Å². The van der Waals surface area contributed by atoms with E-state index in [-0.39, 0.29) is 43.4 Å². The number of nitrogens with two attached hydrogens (primary N) is 1.